The average molecular weight is 368 g/mol. The molecule has 1 aromatic carbocycles. The zero-order chi connectivity index (χ0) is 17.7. The van der Waals surface area contributed by atoms with Crippen molar-refractivity contribution < 1.29 is 23.9 Å². The zero-order valence-electron chi connectivity index (χ0n) is 13.4. The van der Waals surface area contributed by atoms with Gasteiger partial charge in [-0.1, -0.05) is 23.1 Å². The molecule has 24 heavy (non-hydrogen) atoms. The summed E-state index contributed by atoms with van der Waals surface area (Å²) in [5.74, 6) is -0.255. The number of aromatic nitrogens is 1. The van der Waals surface area contributed by atoms with Gasteiger partial charge in [-0.15, -0.1) is 0 Å². The molecule has 0 atom stereocenters. The first-order valence-corrected chi connectivity index (χ1v) is 8.70. The second kappa shape index (κ2) is 8.11. The van der Waals surface area contributed by atoms with E-state index in [9.17, 15) is 14.4 Å². The molecule has 7 nitrogen and oxygen atoms in total. The second-order valence-electron chi connectivity index (χ2n) is 4.67. The number of fused-ring (bicyclic) bond motifs is 1. The molecule has 9 heteroatoms. The van der Waals surface area contributed by atoms with Crippen LogP contribution in [0.25, 0.3) is 10.2 Å². The lowest BCUT2D eigenvalue weighted by Gasteiger charge is -2.04. The van der Waals surface area contributed by atoms with Crippen LogP contribution >= 0.6 is 23.1 Å². The molecule has 2 aromatic rings. The third-order valence-electron chi connectivity index (χ3n) is 3.02. The number of nitrogens with zero attached hydrogens (tertiary/aromatic N) is 2. The van der Waals surface area contributed by atoms with Crippen LogP contribution < -0.4 is 9.54 Å². The van der Waals surface area contributed by atoms with Crippen LogP contribution in [-0.2, 0) is 25.7 Å². The summed E-state index contributed by atoms with van der Waals surface area (Å²) < 4.78 is 12.3. The monoisotopic (exact) mass is 368 g/mol. The molecule has 0 saturated carbocycles. The fourth-order valence-electron chi connectivity index (χ4n) is 1.91. The molecule has 1 heterocycles. The van der Waals surface area contributed by atoms with Gasteiger partial charge in [0.05, 0.1) is 30.2 Å². The number of hydrogen-bond donors (Lipinski definition) is 0. The molecule has 0 unspecified atom stereocenters. The standard InChI is InChI=1S/C15H16N2O5S2/c1-9(18)23-8-13(19)16-15-17(7-14(20)22-3)11-5-4-10(21-2)6-12(11)24-15/h4-6H,7-8H2,1-3H3. The van der Waals surface area contributed by atoms with E-state index in [0.717, 1.165) is 22.0 Å². The van der Waals surface area contributed by atoms with Crippen LogP contribution in [0.3, 0.4) is 0 Å². The Balaban J connectivity index is 2.49. The number of carbonyl (C=O) groups excluding carboxylic acids is 3. The maximum atomic E-state index is 11.9. The normalized spacial score (nSPS) is 11.5. The van der Waals surface area contributed by atoms with E-state index < -0.39 is 11.9 Å². The number of thiazole rings is 1. The second-order valence-corrected chi connectivity index (χ2v) is 6.83. The largest absolute Gasteiger partial charge is 0.497 e. The van der Waals surface area contributed by atoms with Crippen molar-refractivity contribution in [3.63, 3.8) is 0 Å². The van der Waals surface area contributed by atoms with E-state index in [-0.39, 0.29) is 17.4 Å². The molecule has 0 saturated heterocycles. The minimum atomic E-state index is -0.447. The SMILES string of the molecule is COC(=O)Cn1c(=NC(=O)CSC(C)=O)sc2cc(OC)ccc21. The molecule has 0 fully saturated rings. The fraction of sp³-hybridized carbons (Fsp3) is 0.333. The highest BCUT2D eigenvalue weighted by atomic mass is 32.2. The van der Waals surface area contributed by atoms with Gasteiger partial charge in [-0.25, -0.2) is 0 Å². The number of rotatable bonds is 5. The zero-order valence-corrected chi connectivity index (χ0v) is 15.0. The topological polar surface area (TPSA) is 87.0 Å². The lowest BCUT2D eigenvalue weighted by atomic mass is 10.3. The predicted octanol–water partition coefficient (Wildman–Crippen LogP) is 1.59. The molecule has 0 aliphatic carbocycles. The van der Waals surface area contributed by atoms with Gasteiger partial charge in [0.15, 0.2) is 9.92 Å². The summed E-state index contributed by atoms with van der Waals surface area (Å²) in [5, 5.41) is -0.151. The maximum Gasteiger partial charge on any atom is 0.325 e. The van der Waals surface area contributed by atoms with Crippen LogP contribution in [0.1, 0.15) is 6.92 Å². The van der Waals surface area contributed by atoms with Crippen molar-refractivity contribution in [3.05, 3.63) is 23.0 Å². The fourth-order valence-corrected chi connectivity index (χ4v) is 3.38. The molecule has 0 aliphatic rings. The first-order chi connectivity index (χ1) is 11.4. The third-order valence-corrected chi connectivity index (χ3v) is 4.86. The number of hydrogen-bond acceptors (Lipinski definition) is 7. The summed E-state index contributed by atoms with van der Waals surface area (Å²) >= 11 is 2.16. The molecule has 1 aromatic heterocycles. The Bertz CT molecular complexity index is 853. The van der Waals surface area contributed by atoms with Crippen molar-refractivity contribution >= 4 is 50.3 Å². The summed E-state index contributed by atoms with van der Waals surface area (Å²) in [6, 6.07) is 5.36. The van der Waals surface area contributed by atoms with Crippen LogP contribution in [-0.4, -0.2) is 41.5 Å². The van der Waals surface area contributed by atoms with Crippen molar-refractivity contribution in [1.29, 1.82) is 0 Å². The van der Waals surface area contributed by atoms with Crippen molar-refractivity contribution in [2.24, 2.45) is 4.99 Å². The summed E-state index contributed by atoms with van der Waals surface area (Å²) in [7, 11) is 2.86. The van der Waals surface area contributed by atoms with Crippen molar-refractivity contribution in [2.75, 3.05) is 20.0 Å². The van der Waals surface area contributed by atoms with Crippen molar-refractivity contribution in [2.45, 2.75) is 13.5 Å². The van der Waals surface area contributed by atoms with Crippen LogP contribution in [0.15, 0.2) is 23.2 Å². The highest BCUT2D eigenvalue weighted by Crippen LogP contribution is 2.23. The highest BCUT2D eigenvalue weighted by molar-refractivity contribution is 8.14. The summed E-state index contributed by atoms with van der Waals surface area (Å²) in [4.78, 5) is 39.0. The van der Waals surface area contributed by atoms with E-state index in [2.05, 4.69) is 4.99 Å². The average Bonchev–Trinajstić information content (AvgIpc) is 2.89. The van der Waals surface area contributed by atoms with Gasteiger partial charge in [0.1, 0.15) is 12.3 Å². The first-order valence-electron chi connectivity index (χ1n) is 6.89. The molecule has 1 amide bonds. The number of ether oxygens (including phenoxy) is 2. The summed E-state index contributed by atoms with van der Waals surface area (Å²) in [6.45, 7) is 1.33. The molecule has 0 N–H and O–H groups in total. The van der Waals surface area contributed by atoms with Crippen LogP contribution in [0.2, 0.25) is 0 Å². The Kier molecular flexibility index (Phi) is 6.16. The Morgan fingerprint density at radius 1 is 1.29 bits per heavy atom. The summed E-state index contributed by atoms with van der Waals surface area (Å²) in [6.07, 6.45) is 0. The van der Waals surface area contributed by atoms with Gasteiger partial charge in [-0.3, -0.25) is 14.4 Å². The number of amides is 1. The highest BCUT2D eigenvalue weighted by Gasteiger charge is 2.13. The van der Waals surface area contributed by atoms with Crippen molar-refractivity contribution in [1.82, 2.24) is 4.57 Å². The van der Waals surface area contributed by atoms with Gasteiger partial charge < -0.3 is 14.0 Å². The number of carbonyl (C=O) groups is 3. The number of benzene rings is 1. The Morgan fingerprint density at radius 2 is 2.04 bits per heavy atom. The van der Waals surface area contributed by atoms with Gasteiger partial charge in [0, 0.05) is 6.92 Å². The Morgan fingerprint density at radius 3 is 2.67 bits per heavy atom. The summed E-state index contributed by atoms with van der Waals surface area (Å²) in [5.41, 5.74) is 0.747. The molecule has 0 aliphatic heterocycles. The van der Waals surface area contributed by atoms with E-state index >= 15 is 0 Å². The number of esters is 1. The molecular formula is C15H16N2O5S2. The van der Waals surface area contributed by atoms with Gasteiger partial charge in [-0.2, -0.15) is 4.99 Å². The molecule has 0 bridgehead atoms. The molecule has 128 valence electrons. The Labute approximate surface area is 146 Å². The maximum absolute atomic E-state index is 11.9. The van der Waals surface area contributed by atoms with E-state index in [4.69, 9.17) is 9.47 Å². The quantitative estimate of drug-likeness (QED) is 0.745. The lowest BCUT2D eigenvalue weighted by molar-refractivity contribution is -0.141. The third kappa shape index (κ3) is 4.45. The minimum Gasteiger partial charge on any atom is -0.497 e. The first kappa shape index (κ1) is 18.2. The van der Waals surface area contributed by atoms with Gasteiger partial charge in [0.2, 0.25) is 0 Å². The van der Waals surface area contributed by atoms with Gasteiger partial charge >= 0.3 is 5.97 Å². The molecule has 0 spiro atoms. The minimum absolute atomic E-state index is 0.0366. The number of methoxy groups -OCH3 is 2. The Hall–Kier alpha value is -2.13. The van der Waals surface area contributed by atoms with Gasteiger partial charge in [0.25, 0.3) is 5.91 Å². The van der Waals surface area contributed by atoms with Crippen LogP contribution in [0, 0.1) is 0 Å². The van der Waals surface area contributed by atoms with E-state index in [1.54, 1.807) is 23.8 Å². The molecule has 2 rings (SSSR count). The number of thioether (sulfide) groups is 1. The van der Waals surface area contributed by atoms with Crippen LogP contribution in [0.5, 0.6) is 5.75 Å². The van der Waals surface area contributed by atoms with E-state index in [1.807, 2.05) is 6.07 Å². The predicted molar refractivity (Wildman–Crippen MR) is 92.1 cm³/mol. The van der Waals surface area contributed by atoms with Crippen LogP contribution in [0.4, 0.5) is 0 Å². The van der Waals surface area contributed by atoms with E-state index in [0.29, 0.717) is 10.6 Å². The van der Waals surface area contributed by atoms with Crippen molar-refractivity contribution in [3.8, 4) is 5.75 Å². The van der Waals surface area contributed by atoms with Gasteiger partial charge in [-0.05, 0) is 18.2 Å². The molecular weight excluding hydrogens is 352 g/mol. The lowest BCUT2D eigenvalue weighted by Crippen LogP contribution is -2.22. The molecule has 0 radical (unpaired) electrons. The smallest absolute Gasteiger partial charge is 0.325 e. The van der Waals surface area contributed by atoms with E-state index in [1.165, 1.54) is 25.4 Å².